The largest absolute Gasteiger partial charge is 1.00 e. The third-order valence-electron chi connectivity index (χ3n) is 8.43. The van der Waals surface area contributed by atoms with Gasteiger partial charge in [0.25, 0.3) is 0 Å². The summed E-state index contributed by atoms with van der Waals surface area (Å²) in [6.07, 6.45) is 14.0. The van der Waals surface area contributed by atoms with Gasteiger partial charge in [0.15, 0.2) is 0 Å². The second kappa shape index (κ2) is 14.3. The molecule has 0 saturated carbocycles. The van der Waals surface area contributed by atoms with Crippen molar-refractivity contribution in [3.63, 3.8) is 0 Å². The molecule has 5 aliphatic rings. The van der Waals surface area contributed by atoms with Gasteiger partial charge >= 0.3 is 256 Å². The molecule has 0 aromatic heterocycles. The van der Waals surface area contributed by atoms with Crippen LogP contribution in [0.2, 0.25) is 0 Å². The first-order valence-corrected chi connectivity index (χ1v) is 16.8. The number of nitrogens with zero attached hydrogens (tertiary/aromatic N) is 3. The Morgan fingerprint density at radius 3 is 1.65 bits per heavy atom. The van der Waals surface area contributed by atoms with E-state index in [1.165, 1.54) is 48.3 Å². The molecule has 0 bridgehead atoms. The SMILES string of the molecule is C1=CC(=[N+]2CCOCC2)C=CC1=C1C=C(c2ccc(N3CCOCC3)cc2)C=C(c2ccc(N3CCOCC3)cc2)[Se]1.[Cl-]. The topological polar surface area (TPSA) is 37.2 Å². The molecule has 0 spiro atoms. The number of morpholine rings is 3. The van der Waals surface area contributed by atoms with Crippen molar-refractivity contribution in [2.45, 2.75) is 0 Å². The molecule has 3 saturated heterocycles. The molecular weight excluding hydrogens is 625 g/mol. The standard InChI is InChI=1S/C35H38N3O3Se.ClH/c1-7-31(36-13-19-39-20-14-36)8-2-27(1)30-25-34(28-3-9-32(10-4-28)37-15-21-40-22-16-37)42-35(26-30)29-5-11-33(12-6-29)38-17-23-41-24-18-38;/h1-12,25-26H,13-24H2;1H/q+1;/p-1. The summed E-state index contributed by atoms with van der Waals surface area (Å²) in [5.74, 6) is 0. The maximum absolute atomic E-state index is 5.56. The van der Waals surface area contributed by atoms with E-state index in [9.17, 15) is 0 Å². The van der Waals surface area contributed by atoms with Crippen LogP contribution in [0.3, 0.4) is 0 Å². The molecule has 4 heterocycles. The van der Waals surface area contributed by atoms with Gasteiger partial charge in [-0.1, -0.05) is 0 Å². The van der Waals surface area contributed by atoms with E-state index in [2.05, 4.69) is 99.4 Å². The van der Waals surface area contributed by atoms with Gasteiger partial charge in [0.2, 0.25) is 0 Å². The predicted octanol–water partition coefficient (Wildman–Crippen LogP) is 1.37. The third kappa shape index (κ3) is 7.09. The number of benzene rings is 2. The van der Waals surface area contributed by atoms with Gasteiger partial charge in [-0.25, -0.2) is 0 Å². The van der Waals surface area contributed by atoms with Crippen molar-refractivity contribution in [2.75, 3.05) is 88.7 Å². The summed E-state index contributed by atoms with van der Waals surface area (Å²) in [6, 6.07) is 18.3. The molecule has 1 aliphatic carbocycles. The Kier molecular flexibility index (Phi) is 9.99. The van der Waals surface area contributed by atoms with E-state index >= 15 is 0 Å². The molecule has 43 heavy (non-hydrogen) atoms. The van der Waals surface area contributed by atoms with Gasteiger partial charge in [0, 0.05) is 0 Å². The van der Waals surface area contributed by atoms with Crippen LogP contribution in [0.1, 0.15) is 11.1 Å². The summed E-state index contributed by atoms with van der Waals surface area (Å²) < 4.78 is 21.9. The van der Waals surface area contributed by atoms with Crippen molar-refractivity contribution in [1.82, 2.24) is 0 Å². The van der Waals surface area contributed by atoms with Gasteiger partial charge < -0.3 is 12.4 Å². The zero-order valence-corrected chi connectivity index (χ0v) is 26.9. The van der Waals surface area contributed by atoms with Gasteiger partial charge in [0.05, 0.1) is 0 Å². The summed E-state index contributed by atoms with van der Waals surface area (Å²) in [5.41, 5.74) is 8.98. The second-order valence-electron chi connectivity index (χ2n) is 11.0. The van der Waals surface area contributed by atoms with Crippen molar-refractivity contribution in [3.8, 4) is 0 Å². The zero-order chi connectivity index (χ0) is 28.1. The van der Waals surface area contributed by atoms with Crippen molar-refractivity contribution in [3.05, 3.63) is 106 Å². The molecule has 2 aromatic rings. The van der Waals surface area contributed by atoms with E-state index in [4.69, 9.17) is 14.2 Å². The predicted molar refractivity (Wildman–Crippen MR) is 172 cm³/mol. The fourth-order valence-electron chi connectivity index (χ4n) is 5.96. The molecule has 8 heteroatoms. The molecule has 2 aromatic carbocycles. The summed E-state index contributed by atoms with van der Waals surface area (Å²) >= 11 is 0.193. The molecule has 224 valence electrons. The van der Waals surface area contributed by atoms with Crippen LogP contribution in [-0.4, -0.2) is 104 Å². The Balaban J connectivity index is 0.00000329. The first kappa shape index (κ1) is 30.1. The average molecular weight is 663 g/mol. The Morgan fingerprint density at radius 2 is 1.09 bits per heavy atom. The quantitative estimate of drug-likeness (QED) is 0.366. The van der Waals surface area contributed by atoms with Crippen LogP contribution in [0.5, 0.6) is 0 Å². The van der Waals surface area contributed by atoms with Gasteiger partial charge in [0.1, 0.15) is 0 Å². The van der Waals surface area contributed by atoms with Gasteiger partial charge in [-0.15, -0.1) is 0 Å². The molecule has 7 rings (SSSR count). The van der Waals surface area contributed by atoms with E-state index in [0.29, 0.717) is 0 Å². The van der Waals surface area contributed by atoms with Crippen molar-refractivity contribution >= 4 is 42.1 Å². The van der Waals surface area contributed by atoms with E-state index in [1.807, 2.05) is 0 Å². The van der Waals surface area contributed by atoms with Gasteiger partial charge in [-0.2, -0.15) is 0 Å². The molecule has 0 N–H and O–H groups in total. The fraction of sp³-hybridized carbons (Fsp3) is 0.343. The summed E-state index contributed by atoms with van der Waals surface area (Å²) in [6.45, 7) is 10.5. The minimum absolute atomic E-state index is 0. The number of hydrogen-bond acceptors (Lipinski definition) is 5. The molecular formula is C35H38ClN3O3Se. The minimum atomic E-state index is 0. The molecule has 0 atom stereocenters. The van der Waals surface area contributed by atoms with Crippen molar-refractivity contribution in [1.29, 1.82) is 0 Å². The Hall–Kier alpha value is -2.90. The molecule has 0 unspecified atom stereocenters. The number of allylic oxidation sites excluding steroid dienone is 9. The van der Waals surface area contributed by atoms with Crippen LogP contribution in [0.15, 0.2) is 95.0 Å². The van der Waals surface area contributed by atoms with Crippen LogP contribution in [0, 0.1) is 0 Å². The van der Waals surface area contributed by atoms with Crippen LogP contribution in [-0.2, 0) is 14.2 Å². The first-order valence-electron chi connectivity index (χ1n) is 15.1. The molecule has 6 nitrogen and oxygen atoms in total. The third-order valence-corrected chi connectivity index (χ3v) is 10.8. The van der Waals surface area contributed by atoms with E-state index in [1.54, 1.807) is 0 Å². The smallest absolute Gasteiger partial charge is 1.00 e. The van der Waals surface area contributed by atoms with Crippen molar-refractivity contribution in [2.24, 2.45) is 0 Å². The monoisotopic (exact) mass is 663 g/mol. The first-order chi connectivity index (χ1) is 20.8. The fourth-order valence-corrected chi connectivity index (χ4v) is 8.30. The van der Waals surface area contributed by atoms with E-state index < -0.39 is 0 Å². The van der Waals surface area contributed by atoms with Crippen LogP contribution < -0.4 is 22.2 Å². The molecule has 4 aliphatic heterocycles. The van der Waals surface area contributed by atoms with Crippen LogP contribution in [0.4, 0.5) is 11.4 Å². The van der Waals surface area contributed by atoms with E-state index in [-0.39, 0.29) is 27.4 Å². The maximum atomic E-state index is 5.56. The number of ether oxygens (including phenoxy) is 3. The maximum Gasteiger partial charge on any atom is -1.00 e. The number of rotatable bonds is 4. The van der Waals surface area contributed by atoms with Crippen LogP contribution >= 0.6 is 0 Å². The van der Waals surface area contributed by atoms with Gasteiger partial charge in [-0.3, -0.25) is 0 Å². The molecule has 0 radical (unpaired) electrons. The number of hydrogen-bond donors (Lipinski definition) is 0. The number of halogens is 1. The molecule has 0 amide bonds. The normalized spacial score (nSPS) is 21.0. The second-order valence-corrected chi connectivity index (χ2v) is 13.3. The Morgan fingerprint density at radius 1 is 0.581 bits per heavy atom. The Bertz CT molecular complexity index is 1450. The summed E-state index contributed by atoms with van der Waals surface area (Å²) in [7, 11) is 0. The molecule has 3 fully saturated rings. The Labute approximate surface area is 267 Å². The minimum Gasteiger partial charge on any atom is -1.00 e. The van der Waals surface area contributed by atoms with Crippen molar-refractivity contribution < 1.29 is 31.2 Å². The van der Waals surface area contributed by atoms with E-state index in [0.717, 1.165) is 78.9 Å². The average Bonchev–Trinajstić information content (AvgIpc) is 3.09. The number of anilines is 2. The zero-order valence-electron chi connectivity index (χ0n) is 24.4. The van der Waals surface area contributed by atoms with Gasteiger partial charge in [-0.05, 0) is 0 Å². The summed E-state index contributed by atoms with van der Waals surface area (Å²) in [4.78, 5) is 4.83. The van der Waals surface area contributed by atoms with Crippen LogP contribution in [0.25, 0.3) is 10.0 Å². The summed E-state index contributed by atoms with van der Waals surface area (Å²) in [5, 5.41) is 0.